The van der Waals surface area contributed by atoms with Crippen LogP contribution in [-0.2, 0) is 9.84 Å². The van der Waals surface area contributed by atoms with Gasteiger partial charge in [-0.25, -0.2) is 8.42 Å². The molecule has 1 unspecified atom stereocenters. The molecule has 1 saturated heterocycles. The third-order valence-electron chi connectivity index (χ3n) is 3.23. The van der Waals surface area contributed by atoms with E-state index < -0.39 is 15.2 Å². The van der Waals surface area contributed by atoms with Gasteiger partial charge in [-0.2, -0.15) is 11.8 Å². The van der Waals surface area contributed by atoms with Crippen molar-refractivity contribution in [3.63, 3.8) is 0 Å². The number of hydrogen-bond donors (Lipinski definition) is 0. The molecule has 110 valence electrons. The minimum Gasteiger partial charge on any atom is -0.320 e. The van der Waals surface area contributed by atoms with Crippen molar-refractivity contribution in [1.29, 1.82) is 0 Å². The average molecular weight is 378 g/mol. The maximum absolute atomic E-state index is 12.6. The molecule has 1 fully saturated rings. The van der Waals surface area contributed by atoms with E-state index in [4.69, 9.17) is 0 Å². The lowest BCUT2D eigenvalue weighted by Gasteiger charge is -2.34. The first-order valence-electron chi connectivity index (χ1n) is 6.31. The Morgan fingerprint density at radius 1 is 1.50 bits per heavy atom. The second kappa shape index (κ2) is 6.49. The van der Waals surface area contributed by atoms with Gasteiger partial charge < -0.3 is 4.90 Å². The molecule has 1 aromatic rings. The molecule has 1 aliphatic heterocycles. The van der Waals surface area contributed by atoms with E-state index in [1.165, 1.54) is 4.90 Å². The summed E-state index contributed by atoms with van der Waals surface area (Å²) in [7, 11) is -3.26. The summed E-state index contributed by atoms with van der Waals surface area (Å²) in [5.41, 5.74) is 0.516. The third-order valence-corrected chi connectivity index (χ3v) is 7.02. The number of halogens is 1. The number of nitrogens with zero attached hydrogens (tertiary/aromatic N) is 1. The van der Waals surface area contributed by atoms with Crippen LogP contribution >= 0.6 is 27.7 Å². The largest absolute Gasteiger partial charge is 0.320 e. The first-order chi connectivity index (χ1) is 9.45. The Hall–Kier alpha value is -0.530. The van der Waals surface area contributed by atoms with Gasteiger partial charge in [-0.1, -0.05) is 28.9 Å². The van der Waals surface area contributed by atoms with Gasteiger partial charge in [0.05, 0.1) is 0 Å². The van der Waals surface area contributed by atoms with Crippen molar-refractivity contribution in [2.45, 2.75) is 12.3 Å². The molecule has 1 aromatic carbocycles. The zero-order valence-corrected chi connectivity index (χ0v) is 14.3. The fourth-order valence-corrected chi connectivity index (χ4v) is 5.46. The number of carbonyl (C=O) groups is 1. The second-order valence-corrected chi connectivity index (χ2v) is 9.00. The zero-order valence-electron chi connectivity index (χ0n) is 11.1. The minimum absolute atomic E-state index is 0.0560. The van der Waals surface area contributed by atoms with Gasteiger partial charge >= 0.3 is 0 Å². The topological polar surface area (TPSA) is 54.5 Å². The van der Waals surface area contributed by atoms with Crippen LogP contribution in [-0.4, -0.2) is 48.4 Å². The predicted molar refractivity (Wildman–Crippen MR) is 85.8 cm³/mol. The number of sulfone groups is 1. The molecule has 0 aromatic heterocycles. The molecular formula is C13H16BrNO3S2. The van der Waals surface area contributed by atoms with Crippen molar-refractivity contribution < 1.29 is 13.2 Å². The van der Waals surface area contributed by atoms with E-state index in [1.807, 2.05) is 6.07 Å². The van der Waals surface area contributed by atoms with Crippen LogP contribution in [0.5, 0.6) is 0 Å². The molecule has 0 aliphatic carbocycles. The summed E-state index contributed by atoms with van der Waals surface area (Å²) in [6, 6.07) is 7.05. The summed E-state index contributed by atoms with van der Waals surface area (Å²) in [6.07, 6.45) is 0. The highest BCUT2D eigenvalue weighted by atomic mass is 79.9. The zero-order chi connectivity index (χ0) is 14.8. The molecule has 0 saturated carbocycles. The summed E-state index contributed by atoms with van der Waals surface area (Å²) < 4.78 is 25.1. The maximum Gasteiger partial charge on any atom is 0.255 e. The first-order valence-corrected chi connectivity index (χ1v) is 9.98. The van der Waals surface area contributed by atoms with Crippen LogP contribution < -0.4 is 0 Å². The van der Waals surface area contributed by atoms with Crippen LogP contribution in [0.3, 0.4) is 0 Å². The minimum atomic E-state index is -3.26. The Bertz CT molecular complexity index is 603. The second-order valence-electron chi connectivity index (χ2n) is 4.49. The number of hydrogen-bond acceptors (Lipinski definition) is 4. The maximum atomic E-state index is 12.6. The standard InChI is InChI=1S/C13H16BrNO3S2/c1-2-20(17,18)12-9-19-7-6-15(12)13(16)10-4-3-5-11(14)8-10/h3-5,8,12H,2,6-7,9H2,1H3. The Morgan fingerprint density at radius 3 is 2.90 bits per heavy atom. The average Bonchev–Trinajstić information content (AvgIpc) is 2.46. The molecule has 20 heavy (non-hydrogen) atoms. The van der Waals surface area contributed by atoms with E-state index in [1.54, 1.807) is 36.9 Å². The molecule has 7 heteroatoms. The lowest BCUT2D eigenvalue weighted by molar-refractivity contribution is 0.0749. The monoisotopic (exact) mass is 377 g/mol. The number of amides is 1. The molecule has 0 N–H and O–H groups in total. The van der Waals surface area contributed by atoms with Crippen molar-refractivity contribution in [1.82, 2.24) is 4.90 Å². The van der Waals surface area contributed by atoms with Crippen LogP contribution in [0, 0.1) is 0 Å². The van der Waals surface area contributed by atoms with Crippen LogP contribution in [0.1, 0.15) is 17.3 Å². The Kier molecular flexibility index (Phi) is 5.14. The molecule has 1 amide bonds. The number of carbonyl (C=O) groups excluding carboxylic acids is 1. The van der Waals surface area contributed by atoms with Gasteiger partial charge in [0.25, 0.3) is 5.91 Å². The van der Waals surface area contributed by atoms with E-state index in [-0.39, 0.29) is 11.7 Å². The van der Waals surface area contributed by atoms with Crippen molar-refractivity contribution in [3.05, 3.63) is 34.3 Å². The molecule has 2 rings (SSSR count). The number of benzene rings is 1. The van der Waals surface area contributed by atoms with Crippen LogP contribution in [0.25, 0.3) is 0 Å². The first kappa shape index (κ1) is 15.9. The van der Waals surface area contributed by atoms with Crippen molar-refractivity contribution in [3.8, 4) is 0 Å². The van der Waals surface area contributed by atoms with Crippen molar-refractivity contribution in [2.75, 3.05) is 23.8 Å². The van der Waals surface area contributed by atoms with Gasteiger partial charge in [0.2, 0.25) is 0 Å². The van der Waals surface area contributed by atoms with Crippen molar-refractivity contribution >= 4 is 43.4 Å². The van der Waals surface area contributed by atoms with E-state index in [0.717, 1.165) is 10.2 Å². The fraction of sp³-hybridized carbons (Fsp3) is 0.462. The van der Waals surface area contributed by atoms with Gasteiger partial charge in [-0.05, 0) is 18.2 Å². The van der Waals surface area contributed by atoms with Gasteiger partial charge in [-0.15, -0.1) is 0 Å². The number of thioether (sulfide) groups is 1. The molecule has 1 heterocycles. The SMILES string of the molecule is CCS(=O)(=O)C1CSCCN1C(=O)c1cccc(Br)c1. The van der Waals surface area contributed by atoms with E-state index >= 15 is 0 Å². The molecule has 1 aliphatic rings. The van der Waals surface area contributed by atoms with Gasteiger partial charge in [-0.3, -0.25) is 4.79 Å². The summed E-state index contributed by atoms with van der Waals surface area (Å²) >= 11 is 4.91. The number of rotatable bonds is 3. The smallest absolute Gasteiger partial charge is 0.255 e. The van der Waals surface area contributed by atoms with Gasteiger partial charge in [0, 0.05) is 33.8 Å². The molecule has 4 nitrogen and oxygen atoms in total. The van der Waals surface area contributed by atoms with Crippen molar-refractivity contribution in [2.24, 2.45) is 0 Å². The summed E-state index contributed by atoms with van der Waals surface area (Å²) in [6.45, 7) is 2.09. The van der Waals surface area contributed by atoms with Crippen LogP contribution in [0.2, 0.25) is 0 Å². The van der Waals surface area contributed by atoms with E-state index in [0.29, 0.717) is 17.9 Å². The summed E-state index contributed by atoms with van der Waals surface area (Å²) in [4.78, 5) is 14.1. The Morgan fingerprint density at radius 2 is 2.25 bits per heavy atom. The predicted octanol–water partition coefficient (Wildman–Crippen LogP) is 2.40. The van der Waals surface area contributed by atoms with E-state index in [2.05, 4.69) is 15.9 Å². The van der Waals surface area contributed by atoms with Gasteiger partial charge in [0.15, 0.2) is 9.84 Å². The molecular weight excluding hydrogens is 362 g/mol. The lowest BCUT2D eigenvalue weighted by Crippen LogP contribution is -2.50. The van der Waals surface area contributed by atoms with Gasteiger partial charge in [0.1, 0.15) is 5.37 Å². The highest BCUT2D eigenvalue weighted by molar-refractivity contribution is 9.10. The Labute approximate surface area is 132 Å². The Balaban J connectivity index is 2.31. The lowest BCUT2D eigenvalue weighted by atomic mass is 10.2. The highest BCUT2D eigenvalue weighted by Gasteiger charge is 2.36. The van der Waals surface area contributed by atoms with E-state index in [9.17, 15) is 13.2 Å². The van der Waals surface area contributed by atoms with Crippen LogP contribution in [0.15, 0.2) is 28.7 Å². The highest BCUT2D eigenvalue weighted by Crippen LogP contribution is 2.24. The molecule has 1 atom stereocenters. The summed E-state index contributed by atoms with van der Waals surface area (Å²) in [5, 5.41) is -0.710. The summed E-state index contributed by atoms with van der Waals surface area (Å²) in [5.74, 6) is 1.07. The molecule has 0 bridgehead atoms. The fourth-order valence-electron chi connectivity index (χ4n) is 2.09. The third kappa shape index (κ3) is 3.38. The van der Waals surface area contributed by atoms with Crippen LogP contribution in [0.4, 0.5) is 0 Å². The normalized spacial score (nSPS) is 19.9. The quantitative estimate of drug-likeness (QED) is 0.811. The molecule has 0 spiro atoms. The molecule has 0 radical (unpaired) electrons.